The number of aliphatic hydroxyl groups is 1. The van der Waals surface area contributed by atoms with E-state index in [1.807, 2.05) is 18.3 Å². The molecule has 20 heavy (non-hydrogen) atoms. The highest BCUT2D eigenvalue weighted by Crippen LogP contribution is 2.18. The lowest BCUT2D eigenvalue weighted by Crippen LogP contribution is -2.37. The average Bonchev–Trinajstić information content (AvgIpc) is 2.84. The topological polar surface area (TPSA) is 63.0 Å². The molecule has 1 unspecified atom stereocenters. The fourth-order valence-electron chi connectivity index (χ4n) is 2.93. The molecule has 1 aliphatic heterocycles. The third kappa shape index (κ3) is 2.83. The zero-order valence-electron chi connectivity index (χ0n) is 11.8. The highest BCUT2D eigenvalue weighted by Gasteiger charge is 2.17. The molecule has 2 aromatic rings. The highest BCUT2D eigenvalue weighted by molar-refractivity contribution is 5.71. The second-order valence-corrected chi connectivity index (χ2v) is 5.46. The maximum absolute atomic E-state index is 9.05. The fraction of sp³-hybridized carbons (Fsp3) is 0.600. The third-order valence-corrected chi connectivity index (χ3v) is 3.96. The van der Waals surface area contributed by atoms with Crippen molar-refractivity contribution in [3.8, 4) is 0 Å². The second kappa shape index (κ2) is 6.33. The van der Waals surface area contributed by atoms with E-state index in [0.717, 1.165) is 42.9 Å². The predicted octanol–water partition coefficient (Wildman–Crippen LogP) is 1.50. The Morgan fingerprint density at radius 3 is 3.15 bits per heavy atom. The van der Waals surface area contributed by atoms with Crippen molar-refractivity contribution in [2.75, 3.05) is 13.2 Å². The quantitative estimate of drug-likeness (QED) is 0.867. The molecule has 3 rings (SSSR count). The van der Waals surface area contributed by atoms with Crippen molar-refractivity contribution in [1.29, 1.82) is 0 Å². The normalized spacial score (nSPS) is 19.6. The van der Waals surface area contributed by atoms with Crippen molar-refractivity contribution in [1.82, 2.24) is 19.9 Å². The summed E-state index contributed by atoms with van der Waals surface area (Å²) in [5, 5.41) is 12.6. The third-order valence-electron chi connectivity index (χ3n) is 3.96. The van der Waals surface area contributed by atoms with E-state index in [4.69, 9.17) is 5.11 Å². The molecule has 1 aliphatic rings. The smallest absolute Gasteiger partial charge is 0.160 e. The molecule has 5 nitrogen and oxygen atoms in total. The van der Waals surface area contributed by atoms with Crippen LogP contribution in [0.5, 0.6) is 0 Å². The Bertz CT molecular complexity index is 560. The van der Waals surface area contributed by atoms with Crippen LogP contribution in [0.2, 0.25) is 0 Å². The number of rotatable bonds is 5. The number of piperidine rings is 1. The van der Waals surface area contributed by atoms with Crippen LogP contribution < -0.4 is 5.32 Å². The maximum Gasteiger partial charge on any atom is 0.160 e. The van der Waals surface area contributed by atoms with Gasteiger partial charge in [-0.05, 0) is 37.9 Å². The summed E-state index contributed by atoms with van der Waals surface area (Å²) in [6, 6.07) is 4.44. The van der Waals surface area contributed by atoms with Gasteiger partial charge in [-0.2, -0.15) is 0 Å². The molecule has 2 aromatic heterocycles. The molecular weight excluding hydrogens is 252 g/mol. The van der Waals surface area contributed by atoms with Crippen LogP contribution in [-0.2, 0) is 13.0 Å². The second-order valence-electron chi connectivity index (χ2n) is 5.46. The van der Waals surface area contributed by atoms with Gasteiger partial charge in [0.2, 0.25) is 0 Å². The molecule has 3 heterocycles. The summed E-state index contributed by atoms with van der Waals surface area (Å²) < 4.78 is 2.23. The van der Waals surface area contributed by atoms with Crippen molar-refractivity contribution in [3.05, 3.63) is 24.2 Å². The first-order valence-electron chi connectivity index (χ1n) is 7.53. The number of aryl methyl sites for hydroxylation is 1. The molecule has 5 heteroatoms. The van der Waals surface area contributed by atoms with Crippen LogP contribution in [0.3, 0.4) is 0 Å². The highest BCUT2D eigenvalue weighted by atomic mass is 16.2. The lowest BCUT2D eigenvalue weighted by molar-refractivity contribution is 0.286. The molecule has 0 radical (unpaired) electrons. The zero-order valence-corrected chi connectivity index (χ0v) is 11.8. The number of nitrogens with zero attached hydrogens (tertiary/aromatic N) is 3. The summed E-state index contributed by atoms with van der Waals surface area (Å²) in [5.41, 5.74) is 1.92. The molecule has 0 bridgehead atoms. The molecular formula is C15H22N4O. The first kappa shape index (κ1) is 13.5. The molecule has 0 saturated carbocycles. The number of aliphatic hydroxyl groups excluding tert-OH is 1. The number of nitrogens with one attached hydrogen (secondary N) is 1. The Morgan fingerprint density at radius 1 is 1.40 bits per heavy atom. The summed E-state index contributed by atoms with van der Waals surface area (Å²) in [5.74, 6) is 1.04. The number of imidazole rings is 1. The summed E-state index contributed by atoms with van der Waals surface area (Å²) in [4.78, 5) is 9.16. The van der Waals surface area contributed by atoms with E-state index in [1.54, 1.807) is 0 Å². The van der Waals surface area contributed by atoms with Crippen LogP contribution in [0.1, 0.15) is 31.5 Å². The van der Waals surface area contributed by atoms with E-state index in [2.05, 4.69) is 19.9 Å². The van der Waals surface area contributed by atoms with Gasteiger partial charge in [0.15, 0.2) is 5.65 Å². The Kier molecular flexibility index (Phi) is 4.28. The number of fused-ring (bicyclic) bond motifs is 1. The Labute approximate surface area is 119 Å². The SMILES string of the molecule is OCCCc1nc2cccnc2n1CC1CCCCN1. The number of aromatic nitrogens is 3. The molecule has 1 atom stereocenters. The largest absolute Gasteiger partial charge is 0.396 e. The van der Waals surface area contributed by atoms with Gasteiger partial charge in [0.25, 0.3) is 0 Å². The van der Waals surface area contributed by atoms with Gasteiger partial charge in [0, 0.05) is 31.8 Å². The van der Waals surface area contributed by atoms with Crippen LogP contribution in [0, 0.1) is 0 Å². The molecule has 0 amide bonds. The van der Waals surface area contributed by atoms with Crippen LogP contribution in [0.4, 0.5) is 0 Å². The van der Waals surface area contributed by atoms with Crippen LogP contribution in [0.25, 0.3) is 11.2 Å². The molecule has 2 N–H and O–H groups in total. The van der Waals surface area contributed by atoms with E-state index in [1.165, 1.54) is 19.3 Å². The van der Waals surface area contributed by atoms with E-state index in [9.17, 15) is 0 Å². The minimum Gasteiger partial charge on any atom is -0.396 e. The van der Waals surface area contributed by atoms with Gasteiger partial charge in [-0.1, -0.05) is 6.42 Å². The fourth-order valence-corrected chi connectivity index (χ4v) is 2.93. The lowest BCUT2D eigenvalue weighted by Gasteiger charge is -2.24. The Balaban J connectivity index is 1.88. The van der Waals surface area contributed by atoms with Crippen LogP contribution >= 0.6 is 0 Å². The number of hydrogen-bond donors (Lipinski definition) is 2. The Morgan fingerprint density at radius 2 is 2.35 bits per heavy atom. The first-order valence-corrected chi connectivity index (χ1v) is 7.53. The molecule has 0 aromatic carbocycles. The van der Waals surface area contributed by atoms with Gasteiger partial charge < -0.3 is 15.0 Å². The van der Waals surface area contributed by atoms with Gasteiger partial charge in [-0.15, -0.1) is 0 Å². The van der Waals surface area contributed by atoms with Crippen molar-refractivity contribution in [3.63, 3.8) is 0 Å². The van der Waals surface area contributed by atoms with E-state index in [-0.39, 0.29) is 6.61 Å². The van der Waals surface area contributed by atoms with Crippen LogP contribution in [-0.4, -0.2) is 38.8 Å². The minimum absolute atomic E-state index is 0.207. The van der Waals surface area contributed by atoms with E-state index in [0.29, 0.717) is 6.04 Å². The molecule has 1 fully saturated rings. The van der Waals surface area contributed by atoms with Gasteiger partial charge in [-0.3, -0.25) is 0 Å². The number of pyridine rings is 1. The average molecular weight is 274 g/mol. The summed E-state index contributed by atoms with van der Waals surface area (Å²) >= 11 is 0. The van der Waals surface area contributed by atoms with Crippen molar-refractivity contribution in [2.24, 2.45) is 0 Å². The van der Waals surface area contributed by atoms with Gasteiger partial charge in [-0.25, -0.2) is 9.97 Å². The standard InChI is InChI=1S/C15H22N4O/c20-10-4-7-14-18-13-6-3-9-17-15(13)19(14)11-12-5-1-2-8-16-12/h3,6,9,12,16,20H,1-2,4-5,7-8,10-11H2. The van der Waals surface area contributed by atoms with E-state index < -0.39 is 0 Å². The number of hydrogen-bond acceptors (Lipinski definition) is 4. The summed E-state index contributed by atoms with van der Waals surface area (Å²) in [7, 11) is 0. The summed E-state index contributed by atoms with van der Waals surface area (Å²) in [6.07, 6.45) is 7.16. The van der Waals surface area contributed by atoms with Crippen LogP contribution in [0.15, 0.2) is 18.3 Å². The van der Waals surface area contributed by atoms with Gasteiger partial charge in [0.05, 0.1) is 0 Å². The molecule has 1 saturated heterocycles. The zero-order chi connectivity index (χ0) is 13.8. The van der Waals surface area contributed by atoms with Crippen molar-refractivity contribution < 1.29 is 5.11 Å². The minimum atomic E-state index is 0.207. The monoisotopic (exact) mass is 274 g/mol. The molecule has 0 aliphatic carbocycles. The summed E-state index contributed by atoms with van der Waals surface area (Å²) in [6.45, 7) is 2.24. The first-order chi connectivity index (χ1) is 9.88. The van der Waals surface area contributed by atoms with E-state index >= 15 is 0 Å². The maximum atomic E-state index is 9.05. The molecule has 108 valence electrons. The Hall–Kier alpha value is -1.46. The predicted molar refractivity (Wildman–Crippen MR) is 78.6 cm³/mol. The van der Waals surface area contributed by atoms with Crippen molar-refractivity contribution in [2.45, 2.75) is 44.7 Å². The molecule has 0 spiro atoms. The van der Waals surface area contributed by atoms with Gasteiger partial charge >= 0.3 is 0 Å². The lowest BCUT2D eigenvalue weighted by atomic mass is 10.1. The van der Waals surface area contributed by atoms with Gasteiger partial charge in [0.1, 0.15) is 11.3 Å². The van der Waals surface area contributed by atoms with Crippen molar-refractivity contribution >= 4 is 11.2 Å².